The number of rotatable bonds is 5. The van der Waals surface area contributed by atoms with Crippen LogP contribution in [-0.4, -0.2) is 21.3 Å². The zero-order valence-corrected chi connectivity index (χ0v) is 11.0. The molecule has 0 spiro atoms. The van der Waals surface area contributed by atoms with Gasteiger partial charge in [0.15, 0.2) is 0 Å². The molecule has 0 aliphatic rings. The number of hydrogen-bond donors (Lipinski definition) is 3. The molecule has 0 bridgehead atoms. The highest BCUT2D eigenvalue weighted by Gasteiger charge is 2.25. The summed E-state index contributed by atoms with van der Waals surface area (Å²) in [5.74, 6) is -1.14. The molecule has 0 aliphatic carbocycles. The molecule has 3 N–H and O–H groups in total. The maximum Gasteiger partial charge on any atom is 0.306 e. The van der Waals surface area contributed by atoms with Crippen molar-refractivity contribution < 1.29 is 20.1 Å². The Labute approximate surface area is 107 Å². The van der Waals surface area contributed by atoms with Crippen LogP contribution in [0.1, 0.15) is 39.2 Å². The fraction of sp³-hybridized carbons (Fsp3) is 0.500. The highest BCUT2D eigenvalue weighted by atomic mass is 16.4. The zero-order chi connectivity index (χ0) is 13.9. The summed E-state index contributed by atoms with van der Waals surface area (Å²) < 4.78 is 0. The Kier molecular flexibility index (Phi) is 4.22. The fourth-order valence-corrected chi connectivity index (χ4v) is 1.93. The van der Waals surface area contributed by atoms with Crippen molar-refractivity contribution in [3.63, 3.8) is 0 Å². The van der Waals surface area contributed by atoms with Crippen LogP contribution in [-0.2, 0) is 10.2 Å². The van der Waals surface area contributed by atoms with Crippen LogP contribution in [0.4, 0.5) is 0 Å². The highest BCUT2D eigenvalue weighted by Crippen LogP contribution is 2.37. The van der Waals surface area contributed by atoms with E-state index in [0.717, 1.165) is 5.56 Å². The number of phenolic OH excluding ortho intramolecular Hbond substituents is 2. The second-order valence-electron chi connectivity index (χ2n) is 5.36. The minimum Gasteiger partial charge on any atom is -0.508 e. The Morgan fingerprint density at radius 1 is 1.33 bits per heavy atom. The van der Waals surface area contributed by atoms with Crippen molar-refractivity contribution >= 4 is 5.97 Å². The SMILES string of the molecule is CC(CCC(C)(C)c1ccc(O)cc1O)C(=O)O. The maximum absolute atomic E-state index is 10.8. The van der Waals surface area contributed by atoms with Crippen LogP contribution in [0, 0.1) is 5.92 Å². The van der Waals surface area contributed by atoms with E-state index in [9.17, 15) is 15.0 Å². The van der Waals surface area contributed by atoms with Gasteiger partial charge in [0.05, 0.1) is 5.92 Å². The molecule has 0 heterocycles. The number of hydrogen-bond acceptors (Lipinski definition) is 3. The van der Waals surface area contributed by atoms with Gasteiger partial charge in [-0.05, 0) is 29.9 Å². The van der Waals surface area contributed by atoms with Crippen molar-refractivity contribution in [1.29, 1.82) is 0 Å². The minimum atomic E-state index is -0.805. The molecule has 1 atom stereocenters. The van der Waals surface area contributed by atoms with Crippen molar-refractivity contribution in [3.8, 4) is 11.5 Å². The Hall–Kier alpha value is -1.71. The summed E-state index contributed by atoms with van der Waals surface area (Å²) in [7, 11) is 0. The van der Waals surface area contributed by atoms with Crippen LogP contribution in [0.3, 0.4) is 0 Å². The van der Waals surface area contributed by atoms with Gasteiger partial charge in [-0.15, -0.1) is 0 Å². The Morgan fingerprint density at radius 3 is 2.44 bits per heavy atom. The number of carboxylic acids is 1. The largest absolute Gasteiger partial charge is 0.508 e. The minimum absolute atomic E-state index is 0.0194. The van der Waals surface area contributed by atoms with Gasteiger partial charge in [-0.3, -0.25) is 4.79 Å². The van der Waals surface area contributed by atoms with E-state index in [0.29, 0.717) is 12.8 Å². The van der Waals surface area contributed by atoms with Gasteiger partial charge >= 0.3 is 5.97 Å². The molecule has 0 radical (unpaired) electrons. The van der Waals surface area contributed by atoms with Crippen molar-refractivity contribution in [3.05, 3.63) is 23.8 Å². The monoisotopic (exact) mass is 252 g/mol. The Bertz CT molecular complexity index is 437. The molecule has 0 aliphatic heterocycles. The maximum atomic E-state index is 10.8. The van der Waals surface area contributed by atoms with Crippen molar-refractivity contribution in [2.24, 2.45) is 5.92 Å². The molecule has 1 unspecified atom stereocenters. The first kappa shape index (κ1) is 14.4. The number of benzene rings is 1. The normalized spacial score (nSPS) is 13.3. The molecule has 1 aromatic carbocycles. The second kappa shape index (κ2) is 5.29. The topological polar surface area (TPSA) is 77.8 Å². The number of carboxylic acid groups (broad SMARTS) is 1. The van der Waals surface area contributed by atoms with E-state index in [1.807, 2.05) is 13.8 Å². The predicted octanol–water partition coefficient (Wildman–Crippen LogP) is 2.88. The molecular formula is C14H20O4. The lowest BCUT2D eigenvalue weighted by atomic mass is 9.78. The lowest BCUT2D eigenvalue weighted by molar-refractivity contribution is -0.141. The van der Waals surface area contributed by atoms with E-state index in [2.05, 4.69) is 0 Å². The lowest BCUT2D eigenvalue weighted by Crippen LogP contribution is -2.20. The molecule has 0 fully saturated rings. The summed E-state index contributed by atoms with van der Waals surface area (Å²) in [6.07, 6.45) is 1.20. The van der Waals surface area contributed by atoms with Gasteiger partial charge in [-0.2, -0.15) is 0 Å². The van der Waals surface area contributed by atoms with Crippen LogP contribution in [0.5, 0.6) is 11.5 Å². The van der Waals surface area contributed by atoms with E-state index in [-0.39, 0.29) is 16.9 Å². The summed E-state index contributed by atoms with van der Waals surface area (Å²) in [5.41, 5.74) is 0.388. The van der Waals surface area contributed by atoms with Crippen LogP contribution >= 0.6 is 0 Å². The summed E-state index contributed by atoms with van der Waals surface area (Å²) in [4.78, 5) is 10.8. The first-order valence-corrected chi connectivity index (χ1v) is 5.99. The van der Waals surface area contributed by atoms with Gasteiger partial charge in [-0.1, -0.05) is 26.8 Å². The van der Waals surface area contributed by atoms with E-state index in [1.54, 1.807) is 13.0 Å². The Morgan fingerprint density at radius 2 is 1.94 bits per heavy atom. The number of phenols is 2. The molecule has 1 rings (SSSR count). The number of aromatic hydroxyl groups is 2. The smallest absolute Gasteiger partial charge is 0.306 e. The molecule has 4 nitrogen and oxygen atoms in total. The average Bonchev–Trinajstić information content (AvgIpc) is 2.25. The molecule has 18 heavy (non-hydrogen) atoms. The third kappa shape index (κ3) is 3.39. The molecule has 100 valence electrons. The molecule has 4 heteroatoms. The second-order valence-corrected chi connectivity index (χ2v) is 5.36. The van der Waals surface area contributed by atoms with E-state index in [1.165, 1.54) is 12.1 Å². The lowest BCUT2D eigenvalue weighted by Gasteiger charge is -2.27. The molecule has 0 amide bonds. The fourth-order valence-electron chi connectivity index (χ4n) is 1.93. The van der Waals surface area contributed by atoms with Crippen molar-refractivity contribution in [1.82, 2.24) is 0 Å². The van der Waals surface area contributed by atoms with Crippen LogP contribution < -0.4 is 0 Å². The Balaban J connectivity index is 2.82. The predicted molar refractivity (Wildman–Crippen MR) is 68.8 cm³/mol. The zero-order valence-electron chi connectivity index (χ0n) is 11.0. The number of aliphatic carboxylic acids is 1. The quantitative estimate of drug-likeness (QED) is 0.753. The third-order valence-electron chi connectivity index (χ3n) is 3.33. The molecule has 0 aromatic heterocycles. The van der Waals surface area contributed by atoms with Crippen molar-refractivity contribution in [2.45, 2.75) is 39.0 Å². The summed E-state index contributed by atoms with van der Waals surface area (Å²) in [6, 6.07) is 4.51. The number of carbonyl (C=O) groups is 1. The molecular weight excluding hydrogens is 232 g/mol. The van der Waals surface area contributed by atoms with Gasteiger partial charge in [0, 0.05) is 6.07 Å². The summed E-state index contributed by atoms with van der Waals surface area (Å²) in [6.45, 7) is 5.58. The van der Waals surface area contributed by atoms with Crippen LogP contribution in [0.15, 0.2) is 18.2 Å². The first-order chi connectivity index (χ1) is 8.24. The molecule has 1 aromatic rings. The summed E-state index contributed by atoms with van der Waals surface area (Å²) >= 11 is 0. The van der Waals surface area contributed by atoms with E-state index in [4.69, 9.17) is 5.11 Å². The van der Waals surface area contributed by atoms with Crippen LogP contribution in [0.25, 0.3) is 0 Å². The van der Waals surface area contributed by atoms with Crippen LogP contribution in [0.2, 0.25) is 0 Å². The van der Waals surface area contributed by atoms with Gasteiger partial charge in [0.1, 0.15) is 11.5 Å². The van der Waals surface area contributed by atoms with Crippen molar-refractivity contribution in [2.75, 3.05) is 0 Å². The summed E-state index contributed by atoms with van der Waals surface area (Å²) in [5, 5.41) is 27.9. The third-order valence-corrected chi connectivity index (χ3v) is 3.33. The highest BCUT2D eigenvalue weighted by molar-refractivity contribution is 5.69. The average molecular weight is 252 g/mol. The van der Waals surface area contributed by atoms with Gasteiger partial charge in [-0.25, -0.2) is 0 Å². The van der Waals surface area contributed by atoms with Gasteiger partial charge < -0.3 is 15.3 Å². The van der Waals surface area contributed by atoms with Gasteiger partial charge in [0.25, 0.3) is 0 Å². The first-order valence-electron chi connectivity index (χ1n) is 5.99. The molecule has 0 saturated heterocycles. The van der Waals surface area contributed by atoms with E-state index < -0.39 is 11.9 Å². The molecule has 0 saturated carbocycles. The standard InChI is InChI=1S/C14H20O4/c1-9(13(17)18)6-7-14(2,3)11-5-4-10(15)8-12(11)16/h4-5,8-9,15-16H,6-7H2,1-3H3,(H,17,18). The van der Waals surface area contributed by atoms with E-state index >= 15 is 0 Å². The van der Waals surface area contributed by atoms with Gasteiger partial charge in [0.2, 0.25) is 0 Å².